The molecule has 3 N–H and O–H groups in total. The van der Waals surface area contributed by atoms with E-state index >= 15 is 0 Å². The molecule has 0 radical (unpaired) electrons. The lowest BCUT2D eigenvalue weighted by Crippen LogP contribution is -2.09. The molecule has 2 rings (SSSR count). The average molecular weight is 291 g/mol. The van der Waals surface area contributed by atoms with E-state index in [1.54, 1.807) is 6.08 Å². The third kappa shape index (κ3) is 3.43. The maximum Gasteiger partial charge on any atom is 0.217 e. The lowest BCUT2D eigenvalue weighted by molar-refractivity contribution is -0.118. The summed E-state index contributed by atoms with van der Waals surface area (Å²) in [7, 11) is 0. The highest BCUT2D eigenvalue weighted by atomic mass is 19.1. The summed E-state index contributed by atoms with van der Waals surface area (Å²) in [5, 5.41) is 9.97. The molecule has 0 fully saturated rings. The molecular weight excluding hydrogens is 269 g/mol. The van der Waals surface area contributed by atoms with Gasteiger partial charge in [-0.15, -0.1) is 6.58 Å². The van der Waals surface area contributed by atoms with Crippen molar-refractivity contribution >= 4 is 5.91 Å². The minimum Gasteiger partial charge on any atom is -0.505 e. The molecule has 1 aliphatic carbocycles. The molecule has 1 aromatic rings. The number of rotatable bonds is 7. The first kappa shape index (κ1) is 15.5. The quantitative estimate of drug-likeness (QED) is 0.598. The number of aryl methyl sites for hydroxylation is 1. The monoisotopic (exact) mass is 291 g/mol. The van der Waals surface area contributed by atoms with Crippen LogP contribution in [0.2, 0.25) is 0 Å². The van der Waals surface area contributed by atoms with Gasteiger partial charge in [-0.25, -0.2) is 4.39 Å². The van der Waals surface area contributed by atoms with Crippen molar-refractivity contribution in [1.82, 2.24) is 0 Å². The fraction of sp³-hybridized carbons (Fsp3) is 0.471. The largest absolute Gasteiger partial charge is 0.505 e. The molecule has 0 bridgehead atoms. The first-order valence-corrected chi connectivity index (χ1v) is 7.47. The molecule has 3 nitrogen and oxygen atoms in total. The highest BCUT2D eigenvalue weighted by molar-refractivity contribution is 5.73. The molecule has 4 heteroatoms. The smallest absolute Gasteiger partial charge is 0.217 e. The van der Waals surface area contributed by atoms with Crippen molar-refractivity contribution in [2.45, 2.75) is 50.9 Å². The van der Waals surface area contributed by atoms with Gasteiger partial charge in [0, 0.05) is 12.0 Å². The second kappa shape index (κ2) is 6.74. The van der Waals surface area contributed by atoms with E-state index in [1.165, 1.54) is 6.07 Å². The van der Waals surface area contributed by atoms with E-state index in [2.05, 4.69) is 6.58 Å². The average Bonchev–Trinajstić information content (AvgIpc) is 2.82. The third-order valence-electron chi connectivity index (χ3n) is 4.23. The highest BCUT2D eigenvalue weighted by Crippen LogP contribution is 2.43. The Bertz CT molecular complexity index is 554. The van der Waals surface area contributed by atoms with E-state index in [-0.39, 0.29) is 11.7 Å². The SMILES string of the molecule is C=CCc1c(O)c(F)cc2c1C(CCCCC(N)=O)CC2. The Labute approximate surface area is 124 Å². The molecule has 1 aromatic carbocycles. The molecule has 1 atom stereocenters. The lowest BCUT2D eigenvalue weighted by Gasteiger charge is -2.17. The van der Waals surface area contributed by atoms with Crippen molar-refractivity contribution in [1.29, 1.82) is 0 Å². The minimum absolute atomic E-state index is 0.238. The van der Waals surface area contributed by atoms with Crippen LogP contribution in [0.25, 0.3) is 0 Å². The fourth-order valence-corrected chi connectivity index (χ4v) is 3.28. The topological polar surface area (TPSA) is 63.3 Å². The Morgan fingerprint density at radius 2 is 2.29 bits per heavy atom. The van der Waals surface area contributed by atoms with Crippen LogP contribution in [-0.4, -0.2) is 11.0 Å². The minimum atomic E-state index is -0.542. The number of halogens is 1. The number of carbonyl (C=O) groups excluding carboxylic acids is 1. The van der Waals surface area contributed by atoms with Crippen molar-refractivity contribution < 1.29 is 14.3 Å². The van der Waals surface area contributed by atoms with Gasteiger partial charge in [0.15, 0.2) is 11.6 Å². The molecule has 114 valence electrons. The molecule has 0 saturated carbocycles. The number of phenols is 1. The van der Waals surface area contributed by atoms with E-state index in [4.69, 9.17) is 5.73 Å². The van der Waals surface area contributed by atoms with Crippen LogP contribution in [0.5, 0.6) is 5.75 Å². The van der Waals surface area contributed by atoms with Gasteiger partial charge >= 0.3 is 0 Å². The number of hydrogen-bond donors (Lipinski definition) is 2. The van der Waals surface area contributed by atoms with Crippen LogP contribution in [0.4, 0.5) is 4.39 Å². The normalized spacial score (nSPS) is 16.7. The number of unbranched alkanes of at least 4 members (excludes halogenated alkanes) is 1. The number of nitrogens with two attached hydrogens (primary N) is 1. The van der Waals surface area contributed by atoms with Gasteiger partial charge in [0.05, 0.1) is 0 Å². The van der Waals surface area contributed by atoms with Crippen LogP contribution in [0.1, 0.15) is 54.7 Å². The Morgan fingerprint density at radius 1 is 1.52 bits per heavy atom. The van der Waals surface area contributed by atoms with Crippen molar-refractivity contribution in [2.24, 2.45) is 5.73 Å². The van der Waals surface area contributed by atoms with Gasteiger partial charge in [0.1, 0.15) is 0 Å². The Balaban J connectivity index is 2.15. The van der Waals surface area contributed by atoms with E-state index in [0.29, 0.717) is 24.3 Å². The first-order chi connectivity index (χ1) is 10.0. The maximum atomic E-state index is 13.7. The maximum absolute atomic E-state index is 13.7. The zero-order chi connectivity index (χ0) is 15.4. The zero-order valence-electron chi connectivity index (χ0n) is 12.2. The molecule has 0 aliphatic heterocycles. The molecule has 1 amide bonds. The number of fused-ring (bicyclic) bond motifs is 1. The summed E-state index contributed by atoms with van der Waals surface area (Å²) in [6, 6.07) is 1.46. The second-order valence-electron chi connectivity index (χ2n) is 5.70. The molecule has 0 saturated heterocycles. The third-order valence-corrected chi connectivity index (χ3v) is 4.23. The molecule has 0 spiro atoms. The van der Waals surface area contributed by atoms with E-state index in [1.807, 2.05) is 0 Å². The fourth-order valence-electron chi connectivity index (χ4n) is 3.28. The molecule has 21 heavy (non-hydrogen) atoms. The van der Waals surface area contributed by atoms with Crippen LogP contribution >= 0.6 is 0 Å². The molecule has 1 unspecified atom stereocenters. The Morgan fingerprint density at radius 3 is 2.95 bits per heavy atom. The number of aromatic hydroxyl groups is 1. The van der Waals surface area contributed by atoms with Gasteiger partial charge < -0.3 is 10.8 Å². The lowest BCUT2D eigenvalue weighted by atomic mass is 9.89. The zero-order valence-corrected chi connectivity index (χ0v) is 12.2. The van der Waals surface area contributed by atoms with Gasteiger partial charge in [-0.1, -0.05) is 12.5 Å². The summed E-state index contributed by atoms with van der Waals surface area (Å²) in [6.45, 7) is 3.69. The highest BCUT2D eigenvalue weighted by Gasteiger charge is 2.28. The Hall–Kier alpha value is -1.84. The predicted octanol–water partition coefficient (Wildman–Crippen LogP) is 3.34. The van der Waals surface area contributed by atoms with E-state index < -0.39 is 5.82 Å². The van der Waals surface area contributed by atoms with Crippen LogP contribution in [-0.2, 0) is 17.6 Å². The Kier molecular flexibility index (Phi) is 4.99. The summed E-state index contributed by atoms with van der Waals surface area (Å²) >= 11 is 0. The van der Waals surface area contributed by atoms with Crippen LogP contribution in [0.3, 0.4) is 0 Å². The van der Waals surface area contributed by atoms with Crippen molar-refractivity contribution in [3.8, 4) is 5.75 Å². The predicted molar refractivity (Wildman–Crippen MR) is 80.7 cm³/mol. The summed E-state index contributed by atoms with van der Waals surface area (Å²) < 4.78 is 13.7. The molecule has 0 aromatic heterocycles. The van der Waals surface area contributed by atoms with Crippen molar-refractivity contribution in [2.75, 3.05) is 0 Å². The number of allylic oxidation sites excluding steroid dienone is 1. The van der Waals surface area contributed by atoms with E-state index in [0.717, 1.165) is 43.2 Å². The summed E-state index contributed by atoms with van der Waals surface area (Å²) in [4.78, 5) is 10.8. The summed E-state index contributed by atoms with van der Waals surface area (Å²) in [5.74, 6) is -0.721. The standard InChI is InChI=1S/C17H22FNO2/c1-2-5-13-16-11(6-3-4-7-15(19)20)8-9-12(16)10-14(18)17(13)21/h2,10-11,21H,1,3-9H2,(H2,19,20). The van der Waals surface area contributed by atoms with Crippen LogP contribution in [0, 0.1) is 5.82 Å². The number of hydrogen-bond acceptors (Lipinski definition) is 2. The van der Waals surface area contributed by atoms with Gasteiger partial charge in [-0.05, 0) is 55.2 Å². The summed E-state index contributed by atoms with van der Waals surface area (Å²) in [6.07, 6.45) is 7.03. The number of primary amides is 1. The number of phenolic OH excluding ortho intramolecular Hbond substituents is 1. The number of amides is 1. The van der Waals surface area contributed by atoms with Crippen molar-refractivity contribution in [3.63, 3.8) is 0 Å². The number of carbonyl (C=O) groups is 1. The van der Waals surface area contributed by atoms with Gasteiger partial charge in [0.25, 0.3) is 0 Å². The first-order valence-electron chi connectivity index (χ1n) is 7.47. The molecule has 1 aliphatic rings. The van der Waals surface area contributed by atoms with Gasteiger partial charge in [0.2, 0.25) is 5.91 Å². The van der Waals surface area contributed by atoms with Crippen LogP contribution < -0.4 is 5.73 Å². The molecule has 0 heterocycles. The van der Waals surface area contributed by atoms with Gasteiger partial charge in [-0.2, -0.15) is 0 Å². The van der Waals surface area contributed by atoms with E-state index in [9.17, 15) is 14.3 Å². The summed E-state index contributed by atoms with van der Waals surface area (Å²) in [5.41, 5.74) is 7.91. The van der Waals surface area contributed by atoms with Crippen LogP contribution in [0.15, 0.2) is 18.7 Å². The second-order valence-corrected chi connectivity index (χ2v) is 5.70. The van der Waals surface area contributed by atoms with Crippen molar-refractivity contribution in [3.05, 3.63) is 41.2 Å². The van der Waals surface area contributed by atoms with Gasteiger partial charge in [-0.3, -0.25) is 4.79 Å². The molecular formula is C17H22FNO2. The number of benzene rings is 1.